The summed E-state index contributed by atoms with van der Waals surface area (Å²) in [7, 11) is 0. The summed E-state index contributed by atoms with van der Waals surface area (Å²) in [6, 6.07) is 9.54. The van der Waals surface area contributed by atoms with Crippen LogP contribution >= 0.6 is 11.3 Å². The minimum absolute atomic E-state index is 0.231. The maximum atomic E-state index is 12.2. The zero-order valence-electron chi connectivity index (χ0n) is 14.7. The van der Waals surface area contributed by atoms with Gasteiger partial charge in [0.05, 0.1) is 15.2 Å². The number of piperidine rings is 1. The van der Waals surface area contributed by atoms with E-state index in [1.807, 2.05) is 6.07 Å². The molecule has 1 aromatic heterocycles. The topological polar surface area (TPSA) is 45.2 Å². The SMILES string of the molecule is O=C(CCCCc1nc2ccccc2s1)NC1CCN(C2CC2)CC1. The number of carbonyl (C=O) groups excluding carboxylic acids is 1. The molecule has 1 aliphatic heterocycles. The molecule has 0 bridgehead atoms. The first kappa shape index (κ1) is 17.0. The van der Waals surface area contributed by atoms with Gasteiger partial charge >= 0.3 is 0 Å². The van der Waals surface area contributed by atoms with Crippen molar-refractivity contribution in [1.29, 1.82) is 0 Å². The van der Waals surface area contributed by atoms with E-state index in [-0.39, 0.29) is 5.91 Å². The first-order valence-electron chi connectivity index (χ1n) is 9.66. The Morgan fingerprint density at radius 3 is 2.72 bits per heavy atom. The van der Waals surface area contributed by atoms with E-state index >= 15 is 0 Å². The van der Waals surface area contributed by atoms with Crippen LogP contribution < -0.4 is 5.32 Å². The molecule has 2 heterocycles. The maximum Gasteiger partial charge on any atom is 0.220 e. The standard InChI is InChI=1S/C20H27N3OS/c24-19(21-15-11-13-23(14-12-15)16-9-10-16)7-3-4-8-20-22-17-5-1-2-6-18(17)25-20/h1-2,5-6,15-16H,3-4,7-14H2,(H,21,24). The van der Waals surface area contributed by atoms with Crippen molar-refractivity contribution < 1.29 is 4.79 Å². The quantitative estimate of drug-likeness (QED) is 0.768. The van der Waals surface area contributed by atoms with Crippen molar-refractivity contribution in [3.8, 4) is 0 Å². The van der Waals surface area contributed by atoms with Crippen LogP contribution in [0.5, 0.6) is 0 Å². The summed E-state index contributed by atoms with van der Waals surface area (Å²) >= 11 is 1.78. The monoisotopic (exact) mass is 357 g/mol. The van der Waals surface area contributed by atoms with Gasteiger partial charge in [-0.05, 0) is 57.1 Å². The first-order valence-corrected chi connectivity index (χ1v) is 10.5. The van der Waals surface area contributed by atoms with Gasteiger partial charge in [0.15, 0.2) is 0 Å². The van der Waals surface area contributed by atoms with E-state index in [1.54, 1.807) is 11.3 Å². The van der Waals surface area contributed by atoms with Gasteiger partial charge in [-0.25, -0.2) is 4.98 Å². The Labute approximate surface area is 153 Å². The third-order valence-electron chi connectivity index (χ3n) is 5.34. The second-order valence-corrected chi connectivity index (χ2v) is 8.51. The number of unbranched alkanes of at least 4 members (excludes halogenated alkanes) is 1. The van der Waals surface area contributed by atoms with Crippen LogP contribution in [0.3, 0.4) is 0 Å². The van der Waals surface area contributed by atoms with Gasteiger partial charge in [0.25, 0.3) is 0 Å². The Balaban J connectivity index is 1.13. The number of hydrogen-bond acceptors (Lipinski definition) is 4. The molecule has 4 nitrogen and oxygen atoms in total. The summed E-state index contributed by atoms with van der Waals surface area (Å²) in [4.78, 5) is 19.4. The molecule has 2 fully saturated rings. The summed E-state index contributed by atoms with van der Waals surface area (Å²) in [5.41, 5.74) is 1.10. The molecule has 0 radical (unpaired) electrons. The van der Waals surface area contributed by atoms with Crippen molar-refractivity contribution in [3.05, 3.63) is 29.3 Å². The predicted octanol–water partition coefficient (Wildman–Crippen LogP) is 3.75. The van der Waals surface area contributed by atoms with E-state index in [0.29, 0.717) is 12.5 Å². The van der Waals surface area contributed by atoms with Gasteiger partial charge in [0.2, 0.25) is 5.91 Å². The van der Waals surface area contributed by atoms with Crippen LogP contribution in [-0.4, -0.2) is 41.0 Å². The minimum atomic E-state index is 0.231. The lowest BCUT2D eigenvalue weighted by Crippen LogP contribution is -2.45. The number of nitrogens with one attached hydrogen (secondary N) is 1. The van der Waals surface area contributed by atoms with E-state index in [1.165, 1.54) is 22.5 Å². The smallest absolute Gasteiger partial charge is 0.220 e. The van der Waals surface area contributed by atoms with Crippen molar-refractivity contribution in [3.63, 3.8) is 0 Å². The van der Waals surface area contributed by atoms with Crippen molar-refractivity contribution in [1.82, 2.24) is 15.2 Å². The van der Waals surface area contributed by atoms with Gasteiger partial charge < -0.3 is 10.2 Å². The average molecular weight is 358 g/mol. The Morgan fingerprint density at radius 2 is 1.96 bits per heavy atom. The number of benzene rings is 1. The van der Waals surface area contributed by atoms with Crippen LogP contribution in [-0.2, 0) is 11.2 Å². The molecule has 5 heteroatoms. The van der Waals surface area contributed by atoms with Gasteiger partial charge in [-0.3, -0.25) is 4.79 Å². The van der Waals surface area contributed by atoms with Gasteiger partial charge in [-0.15, -0.1) is 11.3 Å². The average Bonchev–Trinajstić information content (AvgIpc) is 3.39. The van der Waals surface area contributed by atoms with Crippen LogP contribution in [0.25, 0.3) is 10.2 Å². The Kier molecular flexibility index (Phi) is 5.32. The highest BCUT2D eigenvalue weighted by Crippen LogP contribution is 2.29. The van der Waals surface area contributed by atoms with E-state index in [9.17, 15) is 4.79 Å². The fraction of sp³-hybridized carbons (Fsp3) is 0.600. The summed E-state index contributed by atoms with van der Waals surface area (Å²) in [5, 5.41) is 4.43. The third-order valence-corrected chi connectivity index (χ3v) is 6.44. The van der Waals surface area contributed by atoms with Gasteiger partial charge in [0, 0.05) is 31.6 Å². The number of likely N-dealkylation sites (tertiary alicyclic amines) is 1. The molecule has 1 amide bonds. The molecular weight excluding hydrogens is 330 g/mol. The van der Waals surface area contributed by atoms with Crippen molar-refractivity contribution >= 4 is 27.5 Å². The number of rotatable bonds is 7. The van der Waals surface area contributed by atoms with Crippen LogP contribution in [0.2, 0.25) is 0 Å². The molecule has 25 heavy (non-hydrogen) atoms. The highest BCUT2D eigenvalue weighted by atomic mass is 32.1. The molecule has 1 aromatic carbocycles. The largest absolute Gasteiger partial charge is 0.353 e. The number of aryl methyl sites for hydroxylation is 1. The number of para-hydroxylation sites is 1. The number of fused-ring (bicyclic) bond motifs is 1. The molecule has 134 valence electrons. The number of carbonyl (C=O) groups is 1. The van der Waals surface area contributed by atoms with Gasteiger partial charge in [-0.2, -0.15) is 0 Å². The molecule has 1 saturated carbocycles. The number of amides is 1. The van der Waals surface area contributed by atoms with E-state index in [4.69, 9.17) is 0 Å². The lowest BCUT2D eigenvalue weighted by Gasteiger charge is -2.32. The molecular formula is C20H27N3OS. The molecule has 1 aliphatic carbocycles. The lowest BCUT2D eigenvalue weighted by molar-refractivity contribution is -0.122. The number of nitrogens with zero attached hydrogens (tertiary/aromatic N) is 2. The second-order valence-electron chi connectivity index (χ2n) is 7.39. The Bertz CT molecular complexity index is 684. The lowest BCUT2D eigenvalue weighted by atomic mass is 10.0. The molecule has 2 aromatic rings. The molecule has 1 saturated heterocycles. The van der Waals surface area contributed by atoms with Crippen LogP contribution in [0.1, 0.15) is 50.0 Å². The molecule has 0 spiro atoms. The Morgan fingerprint density at radius 1 is 1.16 bits per heavy atom. The fourth-order valence-electron chi connectivity index (χ4n) is 3.74. The van der Waals surface area contributed by atoms with Crippen LogP contribution in [0.15, 0.2) is 24.3 Å². The van der Waals surface area contributed by atoms with E-state index < -0.39 is 0 Å². The predicted molar refractivity (Wildman–Crippen MR) is 103 cm³/mol. The van der Waals surface area contributed by atoms with Gasteiger partial charge in [-0.1, -0.05) is 12.1 Å². The molecule has 0 atom stereocenters. The van der Waals surface area contributed by atoms with Gasteiger partial charge in [0.1, 0.15) is 0 Å². The Hall–Kier alpha value is -1.46. The zero-order chi connectivity index (χ0) is 17.1. The number of aromatic nitrogens is 1. The highest BCUT2D eigenvalue weighted by molar-refractivity contribution is 7.18. The van der Waals surface area contributed by atoms with Crippen molar-refractivity contribution in [2.45, 2.75) is 63.5 Å². The van der Waals surface area contributed by atoms with Crippen LogP contribution in [0.4, 0.5) is 0 Å². The molecule has 0 unspecified atom stereocenters. The van der Waals surface area contributed by atoms with E-state index in [0.717, 1.165) is 56.8 Å². The summed E-state index contributed by atoms with van der Waals surface area (Å²) in [5.74, 6) is 0.231. The maximum absolute atomic E-state index is 12.2. The van der Waals surface area contributed by atoms with E-state index in [2.05, 4.69) is 33.4 Å². The zero-order valence-corrected chi connectivity index (χ0v) is 15.6. The van der Waals surface area contributed by atoms with Crippen molar-refractivity contribution in [2.75, 3.05) is 13.1 Å². The molecule has 2 aliphatic rings. The minimum Gasteiger partial charge on any atom is -0.353 e. The highest BCUT2D eigenvalue weighted by Gasteiger charge is 2.31. The number of thiazole rings is 1. The summed E-state index contributed by atoms with van der Waals surface area (Å²) in [6.45, 7) is 2.32. The van der Waals surface area contributed by atoms with Crippen molar-refractivity contribution in [2.24, 2.45) is 0 Å². The second kappa shape index (κ2) is 7.83. The fourth-order valence-corrected chi connectivity index (χ4v) is 4.75. The third kappa shape index (κ3) is 4.59. The van der Waals surface area contributed by atoms with Crippen LogP contribution in [0, 0.1) is 0 Å². The summed E-state index contributed by atoms with van der Waals surface area (Å²) < 4.78 is 1.26. The molecule has 4 rings (SSSR count). The first-order chi connectivity index (χ1) is 12.3. The number of hydrogen-bond donors (Lipinski definition) is 1. The summed E-state index contributed by atoms with van der Waals surface area (Å²) in [6.07, 6.45) is 8.61. The normalized spacial score (nSPS) is 19.4. The molecule has 1 N–H and O–H groups in total.